The molecular weight excluding hydrogens is 632 g/mol. The molecule has 0 aliphatic rings. The van der Waals surface area contributed by atoms with Crippen LogP contribution < -0.4 is 0 Å². The summed E-state index contributed by atoms with van der Waals surface area (Å²) < 4.78 is 0. The third-order valence-corrected chi connectivity index (χ3v) is 9.02. The van der Waals surface area contributed by atoms with Crippen molar-refractivity contribution in [1.82, 2.24) is 0 Å². The summed E-state index contributed by atoms with van der Waals surface area (Å²) in [5.74, 6) is -3.05. The fourth-order valence-corrected chi connectivity index (χ4v) is 5.85. The molecule has 0 aromatic carbocycles. The fraction of sp³-hybridized carbons (Fsp3) is 0.905. The van der Waals surface area contributed by atoms with Gasteiger partial charge < -0.3 is 20.4 Å². The normalized spacial score (nSPS) is 10.5. The van der Waals surface area contributed by atoms with E-state index >= 15 is 0 Å². The molecule has 0 atom stereocenters. The number of carboxylic acid groups (broad SMARTS) is 4. The lowest BCUT2D eigenvalue weighted by Crippen LogP contribution is -1.97. The lowest BCUT2D eigenvalue weighted by molar-refractivity contribution is -0.139. The molecule has 8 heteroatoms. The number of carboxylic acids is 4. The van der Waals surface area contributed by atoms with Crippen molar-refractivity contribution in [3.05, 3.63) is 0 Å². The van der Waals surface area contributed by atoms with Crippen LogP contribution in [-0.4, -0.2) is 44.3 Å². The summed E-state index contributed by atoms with van der Waals surface area (Å²) in [6, 6.07) is 0. The highest BCUT2D eigenvalue weighted by Gasteiger charge is 2.00. The van der Waals surface area contributed by atoms with E-state index in [9.17, 15) is 19.2 Å². The topological polar surface area (TPSA) is 149 Å². The van der Waals surface area contributed by atoms with E-state index in [2.05, 4.69) is 13.8 Å². The van der Waals surface area contributed by atoms with E-state index in [0.717, 1.165) is 25.7 Å². The maximum Gasteiger partial charge on any atom is 0.303 e. The molecule has 8 nitrogen and oxygen atoms in total. The van der Waals surface area contributed by atoms with Crippen molar-refractivity contribution in [2.45, 2.75) is 245 Å². The van der Waals surface area contributed by atoms with Crippen molar-refractivity contribution in [2.75, 3.05) is 0 Å². The maximum atomic E-state index is 10.3. The predicted molar refractivity (Wildman–Crippen MR) is 208 cm³/mol. The Morgan fingerprint density at radius 1 is 0.240 bits per heavy atom. The van der Waals surface area contributed by atoms with Crippen LogP contribution >= 0.6 is 0 Å². The van der Waals surface area contributed by atoms with Crippen LogP contribution in [0.15, 0.2) is 0 Å². The van der Waals surface area contributed by atoms with Gasteiger partial charge in [-0.2, -0.15) is 0 Å². The first-order valence-electron chi connectivity index (χ1n) is 21.0. The molecule has 4 N–H and O–H groups in total. The van der Waals surface area contributed by atoms with Gasteiger partial charge in [0.25, 0.3) is 0 Å². The molecule has 298 valence electrons. The minimum Gasteiger partial charge on any atom is -0.481 e. The van der Waals surface area contributed by atoms with E-state index in [1.807, 2.05) is 0 Å². The van der Waals surface area contributed by atoms with Crippen LogP contribution in [0.1, 0.15) is 245 Å². The fourth-order valence-electron chi connectivity index (χ4n) is 5.85. The molecule has 50 heavy (non-hydrogen) atoms. The average molecular weight is 715 g/mol. The largest absolute Gasteiger partial charge is 0.481 e. The van der Waals surface area contributed by atoms with Crippen LogP contribution in [0.5, 0.6) is 0 Å². The first kappa shape index (κ1) is 52.2. The summed E-state index contributed by atoms with van der Waals surface area (Å²) in [5, 5.41) is 33.3. The average Bonchev–Trinajstić information content (AvgIpc) is 3.07. The van der Waals surface area contributed by atoms with Crippen molar-refractivity contribution in [1.29, 1.82) is 0 Å². The molecule has 0 heterocycles. The first-order chi connectivity index (χ1) is 24.2. The SMILES string of the molecule is CCCCCCCCCCCCCCCCCC(=O)O.CCCCCCCCCCCCCCCCCC(=O)O.O=C(O)CCCCC(=O)O. The summed E-state index contributed by atoms with van der Waals surface area (Å²) in [5.41, 5.74) is 0. The molecule has 0 aromatic rings. The molecule has 0 saturated carbocycles. The number of aliphatic carboxylic acids is 4. The first-order valence-corrected chi connectivity index (χ1v) is 21.0. The number of carbonyl (C=O) groups is 4. The van der Waals surface area contributed by atoms with Gasteiger partial charge >= 0.3 is 23.9 Å². The summed E-state index contributed by atoms with van der Waals surface area (Å²) in [7, 11) is 0. The third kappa shape index (κ3) is 61.1. The number of unbranched alkanes of at least 4 members (excludes halogenated alkanes) is 29. The van der Waals surface area contributed by atoms with Crippen molar-refractivity contribution < 1.29 is 39.6 Å². The Bertz CT molecular complexity index is 665. The van der Waals surface area contributed by atoms with Gasteiger partial charge in [-0.05, 0) is 25.7 Å². The van der Waals surface area contributed by atoms with Gasteiger partial charge in [-0.25, -0.2) is 0 Å². The standard InChI is InChI=1S/2C18H36O2.C6H10O4/c2*1-2-3-4-5-6-7-8-9-10-11-12-13-14-15-16-17-18(19)20;7-5(8)3-1-2-4-6(9)10/h2*2-17H2,1H3,(H,19,20);1-4H2,(H,7,8)(H,9,10). The molecule has 0 spiro atoms. The number of hydrogen-bond acceptors (Lipinski definition) is 4. The Labute approximate surface area is 308 Å². The highest BCUT2D eigenvalue weighted by atomic mass is 16.4. The van der Waals surface area contributed by atoms with Crippen molar-refractivity contribution in [3.63, 3.8) is 0 Å². The summed E-state index contributed by atoms with van der Waals surface area (Å²) >= 11 is 0. The zero-order chi connectivity index (χ0) is 37.8. The second-order valence-corrected chi connectivity index (χ2v) is 14.2. The molecular formula is C42H82O8. The second-order valence-electron chi connectivity index (χ2n) is 14.2. The Balaban J connectivity index is -0.000000701. The van der Waals surface area contributed by atoms with Crippen LogP contribution in [-0.2, 0) is 19.2 Å². The van der Waals surface area contributed by atoms with Gasteiger partial charge in [0, 0.05) is 25.7 Å². The van der Waals surface area contributed by atoms with Gasteiger partial charge in [-0.15, -0.1) is 0 Å². The van der Waals surface area contributed by atoms with E-state index in [1.165, 1.54) is 167 Å². The molecule has 0 fully saturated rings. The Kier molecular flexibility index (Phi) is 49.0. The van der Waals surface area contributed by atoms with Gasteiger partial charge in [0.05, 0.1) is 0 Å². The molecule has 0 aliphatic carbocycles. The molecule has 0 bridgehead atoms. The van der Waals surface area contributed by atoms with Crippen LogP contribution in [0.2, 0.25) is 0 Å². The van der Waals surface area contributed by atoms with Crippen molar-refractivity contribution in [2.24, 2.45) is 0 Å². The smallest absolute Gasteiger partial charge is 0.303 e. The zero-order valence-corrected chi connectivity index (χ0v) is 32.9. The zero-order valence-electron chi connectivity index (χ0n) is 32.9. The van der Waals surface area contributed by atoms with Crippen LogP contribution in [0, 0.1) is 0 Å². The minimum absolute atomic E-state index is 0.0628. The second kappa shape index (κ2) is 46.9. The van der Waals surface area contributed by atoms with Gasteiger partial charge in [0.15, 0.2) is 0 Å². The Morgan fingerprint density at radius 3 is 0.500 bits per heavy atom. The summed E-state index contributed by atoms with van der Waals surface area (Å²) in [4.78, 5) is 40.5. The molecule has 0 aliphatic heterocycles. The Hall–Kier alpha value is -2.12. The van der Waals surface area contributed by atoms with Crippen LogP contribution in [0.3, 0.4) is 0 Å². The lowest BCUT2D eigenvalue weighted by atomic mass is 10.0. The molecule has 0 unspecified atom stereocenters. The van der Waals surface area contributed by atoms with Gasteiger partial charge in [0.1, 0.15) is 0 Å². The lowest BCUT2D eigenvalue weighted by Gasteiger charge is -2.03. The molecule has 0 saturated heterocycles. The maximum absolute atomic E-state index is 10.3. The van der Waals surface area contributed by atoms with Gasteiger partial charge in [0.2, 0.25) is 0 Å². The molecule has 0 rings (SSSR count). The molecule has 0 amide bonds. The molecule has 0 aromatic heterocycles. The highest BCUT2D eigenvalue weighted by Crippen LogP contribution is 2.15. The van der Waals surface area contributed by atoms with E-state index in [-0.39, 0.29) is 12.8 Å². The van der Waals surface area contributed by atoms with Crippen molar-refractivity contribution in [3.8, 4) is 0 Å². The monoisotopic (exact) mass is 715 g/mol. The highest BCUT2D eigenvalue weighted by molar-refractivity contribution is 5.68. The number of hydrogen-bond donors (Lipinski definition) is 4. The summed E-state index contributed by atoms with van der Waals surface area (Å²) in [6.45, 7) is 4.54. The Morgan fingerprint density at radius 2 is 0.360 bits per heavy atom. The van der Waals surface area contributed by atoms with Crippen molar-refractivity contribution >= 4 is 23.9 Å². The van der Waals surface area contributed by atoms with Crippen LogP contribution in [0.4, 0.5) is 0 Å². The predicted octanol–water partition coefficient (Wildman–Crippen LogP) is 13.4. The third-order valence-electron chi connectivity index (χ3n) is 9.02. The van der Waals surface area contributed by atoms with E-state index in [4.69, 9.17) is 20.4 Å². The minimum atomic E-state index is -0.870. The summed E-state index contributed by atoms with van der Waals surface area (Å²) in [6.07, 6.45) is 41.4. The van der Waals surface area contributed by atoms with Gasteiger partial charge in [-0.1, -0.05) is 194 Å². The van der Waals surface area contributed by atoms with E-state index < -0.39 is 23.9 Å². The van der Waals surface area contributed by atoms with Crippen LogP contribution in [0.25, 0.3) is 0 Å². The van der Waals surface area contributed by atoms with Gasteiger partial charge in [-0.3, -0.25) is 19.2 Å². The number of rotatable bonds is 37. The quantitative estimate of drug-likeness (QED) is 0.0464. The van der Waals surface area contributed by atoms with E-state index in [1.54, 1.807) is 0 Å². The molecule has 0 radical (unpaired) electrons. The van der Waals surface area contributed by atoms with E-state index in [0.29, 0.717) is 25.7 Å².